The van der Waals surface area contributed by atoms with Crippen LogP contribution < -0.4 is 10.5 Å². The number of hydrogen-bond acceptors (Lipinski definition) is 6. The summed E-state index contributed by atoms with van der Waals surface area (Å²) in [6.07, 6.45) is 6.75. The lowest BCUT2D eigenvalue weighted by atomic mass is 9.96. The Morgan fingerprint density at radius 3 is 2.56 bits per heavy atom. The van der Waals surface area contributed by atoms with E-state index in [1.165, 1.54) is 11.3 Å². The van der Waals surface area contributed by atoms with Crippen LogP contribution in [0.4, 0.5) is 5.69 Å². The highest BCUT2D eigenvalue weighted by molar-refractivity contribution is 5.88. The predicted octanol–water partition coefficient (Wildman–Crippen LogP) is 2.99. The third-order valence-corrected chi connectivity index (χ3v) is 7.54. The Balaban J connectivity index is 1.73. The van der Waals surface area contributed by atoms with Crippen molar-refractivity contribution in [1.82, 2.24) is 29.0 Å². The summed E-state index contributed by atoms with van der Waals surface area (Å²) in [5.74, 6) is 0. The standard InChI is InChI=1S/C25H36N8O/c1-7-18-15-33(22-12-24(34)29(5)23-16-31(11-10-26)28-25(22)23)19(8-2)14-32(18)17(4)20-13-27-30(6)21(20)9-3/h12-13,16-19H,7-9,11,14-15H2,1-6H3/t17-,18-,19+/m1/s1. The second kappa shape index (κ2) is 9.63. The number of nitrogens with zero attached hydrogens (tertiary/aromatic N) is 8. The van der Waals surface area contributed by atoms with Gasteiger partial charge in [0.25, 0.3) is 5.56 Å². The van der Waals surface area contributed by atoms with Gasteiger partial charge < -0.3 is 9.47 Å². The van der Waals surface area contributed by atoms with Gasteiger partial charge in [-0.3, -0.25) is 19.1 Å². The molecule has 1 aliphatic heterocycles. The predicted molar refractivity (Wildman–Crippen MR) is 134 cm³/mol. The molecule has 0 spiro atoms. The number of aryl methyl sites for hydroxylation is 2. The minimum atomic E-state index is -0.0549. The van der Waals surface area contributed by atoms with Gasteiger partial charge in [0.1, 0.15) is 12.1 Å². The van der Waals surface area contributed by atoms with Crippen LogP contribution in [-0.4, -0.2) is 54.2 Å². The fourth-order valence-corrected chi connectivity index (χ4v) is 5.51. The number of nitriles is 1. The normalized spacial score (nSPS) is 20.1. The topological polar surface area (TPSA) is 87.9 Å². The van der Waals surface area contributed by atoms with Crippen molar-refractivity contribution in [1.29, 1.82) is 5.26 Å². The molecule has 0 aromatic carbocycles. The number of hydrogen-bond donors (Lipinski definition) is 0. The maximum Gasteiger partial charge on any atom is 0.252 e. The average molecular weight is 465 g/mol. The maximum absolute atomic E-state index is 12.9. The van der Waals surface area contributed by atoms with E-state index < -0.39 is 0 Å². The highest BCUT2D eigenvalue weighted by Gasteiger charge is 2.37. The van der Waals surface area contributed by atoms with Gasteiger partial charge in [-0.2, -0.15) is 15.5 Å². The number of rotatable bonds is 7. The molecule has 0 radical (unpaired) electrons. The fraction of sp³-hybridized carbons (Fsp3) is 0.600. The summed E-state index contributed by atoms with van der Waals surface area (Å²) in [5.41, 5.74) is 4.96. The van der Waals surface area contributed by atoms with Crippen molar-refractivity contribution in [2.45, 2.75) is 71.6 Å². The highest BCUT2D eigenvalue weighted by Crippen LogP contribution is 2.35. The van der Waals surface area contributed by atoms with Crippen LogP contribution in [0.1, 0.15) is 57.8 Å². The van der Waals surface area contributed by atoms with Crippen LogP contribution >= 0.6 is 0 Å². The molecule has 0 aliphatic carbocycles. The molecular formula is C25H36N8O. The molecule has 4 heterocycles. The molecule has 0 amide bonds. The first-order valence-corrected chi connectivity index (χ1v) is 12.3. The van der Waals surface area contributed by atoms with Gasteiger partial charge in [-0.05, 0) is 26.2 Å². The number of anilines is 1. The quantitative estimate of drug-likeness (QED) is 0.534. The van der Waals surface area contributed by atoms with Gasteiger partial charge in [-0.15, -0.1) is 0 Å². The van der Waals surface area contributed by atoms with E-state index in [9.17, 15) is 4.79 Å². The molecule has 0 bridgehead atoms. The first-order valence-electron chi connectivity index (χ1n) is 12.3. The summed E-state index contributed by atoms with van der Waals surface area (Å²) in [4.78, 5) is 17.9. The molecule has 0 unspecified atom stereocenters. The van der Waals surface area contributed by atoms with E-state index in [4.69, 9.17) is 10.4 Å². The molecule has 0 saturated carbocycles. The van der Waals surface area contributed by atoms with Gasteiger partial charge in [-0.1, -0.05) is 20.8 Å². The monoisotopic (exact) mass is 464 g/mol. The molecule has 3 aromatic heterocycles. The van der Waals surface area contributed by atoms with Crippen molar-refractivity contribution in [3.05, 3.63) is 40.1 Å². The first kappa shape index (κ1) is 24.0. The van der Waals surface area contributed by atoms with E-state index in [0.717, 1.165) is 49.1 Å². The zero-order valence-corrected chi connectivity index (χ0v) is 21.2. The summed E-state index contributed by atoms with van der Waals surface area (Å²) in [6, 6.07) is 4.72. The zero-order valence-electron chi connectivity index (χ0n) is 21.2. The van der Waals surface area contributed by atoms with Gasteiger partial charge in [0.15, 0.2) is 0 Å². The van der Waals surface area contributed by atoms with Gasteiger partial charge in [0.2, 0.25) is 0 Å². The summed E-state index contributed by atoms with van der Waals surface area (Å²) in [6.45, 7) is 10.8. The number of piperazine rings is 1. The molecule has 1 saturated heterocycles. The Hall–Kier alpha value is -3.12. The molecule has 3 atom stereocenters. The van der Waals surface area contributed by atoms with E-state index >= 15 is 0 Å². The largest absolute Gasteiger partial charge is 0.364 e. The van der Waals surface area contributed by atoms with Gasteiger partial charge >= 0.3 is 0 Å². The molecule has 1 aliphatic rings. The van der Waals surface area contributed by atoms with Crippen molar-refractivity contribution in [3.8, 4) is 6.07 Å². The van der Waals surface area contributed by atoms with Gasteiger partial charge in [0, 0.05) is 62.6 Å². The molecule has 34 heavy (non-hydrogen) atoms. The Bertz CT molecular complexity index is 1260. The van der Waals surface area contributed by atoms with Gasteiger partial charge in [0.05, 0.1) is 29.7 Å². The Morgan fingerprint density at radius 1 is 1.18 bits per heavy atom. The lowest BCUT2D eigenvalue weighted by Gasteiger charge is -2.49. The number of pyridine rings is 1. The van der Waals surface area contributed by atoms with Crippen molar-refractivity contribution >= 4 is 16.7 Å². The Labute approximate surface area is 201 Å². The molecule has 9 nitrogen and oxygen atoms in total. The lowest BCUT2D eigenvalue weighted by Crippen LogP contribution is -2.58. The van der Waals surface area contributed by atoms with Crippen LogP contribution in [0.25, 0.3) is 11.0 Å². The molecule has 182 valence electrons. The lowest BCUT2D eigenvalue weighted by molar-refractivity contribution is 0.101. The van der Waals surface area contributed by atoms with E-state index in [0.29, 0.717) is 6.04 Å². The summed E-state index contributed by atoms with van der Waals surface area (Å²) < 4.78 is 5.23. The first-order chi connectivity index (χ1) is 16.3. The van der Waals surface area contributed by atoms with Crippen LogP contribution in [0, 0.1) is 11.3 Å². The molecule has 0 N–H and O–H groups in total. The van der Waals surface area contributed by atoms with Crippen LogP contribution in [0.2, 0.25) is 0 Å². The van der Waals surface area contributed by atoms with Crippen LogP contribution in [0.5, 0.6) is 0 Å². The molecule has 3 aromatic rings. The van der Waals surface area contributed by atoms with Crippen LogP contribution in [-0.2, 0) is 27.1 Å². The van der Waals surface area contributed by atoms with Gasteiger partial charge in [-0.25, -0.2) is 0 Å². The Kier molecular flexibility index (Phi) is 6.80. The van der Waals surface area contributed by atoms with E-state index in [1.54, 1.807) is 28.6 Å². The fourth-order valence-electron chi connectivity index (χ4n) is 5.51. The van der Waals surface area contributed by atoms with Crippen molar-refractivity contribution in [3.63, 3.8) is 0 Å². The summed E-state index contributed by atoms with van der Waals surface area (Å²) in [7, 11) is 3.78. The third-order valence-electron chi connectivity index (χ3n) is 7.54. The second-order valence-corrected chi connectivity index (χ2v) is 9.32. The van der Waals surface area contributed by atoms with Crippen molar-refractivity contribution in [2.24, 2.45) is 14.1 Å². The zero-order chi connectivity index (χ0) is 24.6. The van der Waals surface area contributed by atoms with Crippen LogP contribution in [0.3, 0.4) is 0 Å². The van der Waals surface area contributed by atoms with Crippen molar-refractivity contribution in [2.75, 3.05) is 18.0 Å². The molecule has 9 heteroatoms. The third kappa shape index (κ3) is 4.00. The molecule has 1 fully saturated rings. The second-order valence-electron chi connectivity index (χ2n) is 9.32. The molecular weight excluding hydrogens is 428 g/mol. The van der Waals surface area contributed by atoms with Crippen LogP contribution in [0.15, 0.2) is 23.3 Å². The average Bonchev–Trinajstić information content (AvgIpc) is 3.43. The minimum absolute atomic E-state index is 0.0549. The summed E-state index contributed by atoms with van der Waals surface area (Å²) >= 11 is 0. The maximum atomic E-state index is 12.9. The van der Waals surface area contributed by atoms with E-state index in [-0.39, 0.29) is 24.2 Å². The highest BCUT2D eigenvalue weighted by atomic mass is 16.1. The minimum Gasteiger partial charge on any atom is -0.364 e. The van der Waals surface area contributed by atoms with E-state index in [2.05, 4.69) is 48.7 Å². The number of aromatic nitrogens is 5. The summed E-state index contributed by atoms with van der Waals surface area (Å²) in [5, 5.41) is 18.4. The number of fused-ring (bicyclic) bond motifs is 1. The van der Waals surface area contributed by atoms with E-state index in [1.807, 2.05) is 17.9 Å². The molecule has 4 rings (SSSR count). The van der Waals surface area contributed by atoms with Crippen molar-refractivity contribution < 1.29 is 0 Å². The Morgan fingerprint density at radius 2 is 1.91 bits per heavy atom. The SMILES string of the molecule is CCc1c([C@@H](C)N2C[C@H](CC)N(c3cc(=O)n(C)c4cn(CC#N)nc34)C[C@H]2CC)cnn1C. The smallest absolute Gasteiger partial charge is 0.252 e.